The van der Waals surface area contributed by atoms with Crippen LogP contribution in [0.4, 0.5) is 0 Å². The fraction of sp³-hybridized carbons (Fsp3) is 0.875. The van der Waals surface area contributed by atoms with E-state index in [-0.39, 0.29) is 10.8 Å². The quantitative estimate of drug-likeness (QED) is 0.415. The lowest BCUT2D eigenvalue weighted by Crippen LogP contribution is -2.30. The second kappa shape index (κ2) is 8.38. The van der Waals surface area contributed by atoms with Gasteiger partial charge in [-0.15, -0.1) is 0 Å². The average Bonchev–Trinajstić information content (AvgIpc) is 2.15. The van der Waals surface area contributed by atoms with E-state index in [1.165, 1.54) is 7.11 Å². The van der Waals surface area contributed by atoms with Gasteiger partial charge in [0.15, 0.2) is 0 Å². The van der Waals surface area contributed by atoms with Crippen LogP contribution in [0.5, 0.6) is 0 Å². The van der Waals surface area contributed by atoms with E-state index >= 15 is 0 Å². The molecule has 6 heteroatoms. The van der Waals surface area contributed by atoms with E-state index in [1.807, 2.05) is 0 Å². The van der Waals surface area contributed by atoms with Crippen LogP contribution in [-0.2, 0) is 20.3 Å². The van der Waals surface area contributed by atoms with Crippen LogP contribution in [0.15, 0.2) is 0 Å². The third-order valence-electron chi connectivity index (χ3n) is 1.57. The smallest absolute Gasteiger partial charge is 0.320 e. The number of alkyl halides is 1. The van der Waals surface area contributed by atoms with Gasteiger partial charge in [-0.1, -0.05) is 15.9 Å². The summed E-state index contributed by atoms with van der Waals surface area (Å²) in [5, 5.41) is 3.07. The van der Waals surface area contributed by atoms with Crippen molar-refractivity contribution in [2.75, 3.05) is 32.2 Å². The summed E-state index contributed by atoms with van der Waals surface area (Å²) < 4.78 is 15.2. The van der Waals surface area contributed by atoms with Crippen molar-refractivity contribution in [2.24, 2.45) is 0 Å². The van der Waals surface area contributed by atoms with Gasteiger partial charge >= 0.3 is 5.97 Å². The summed E-state index contributed by atoms with van der Waals surface area (Å²) in [6, 6.07) is 0. The Bertz CT molecular complexity index is 201. The lowest BCUT2D eigenvalue weighted by molar-refractivity contribution is -0.139. The Morgan fingerprint density at radius 3 is 2.79 bits per heavy atom. The van der Waals surface area contributed by atoms with Gasteiger partial charge in [-0.2, -0.15) is 0 Å². The van der Waals surface area contributed by atoms with Crippen molar-refractivity contribution in [1.29, 1.82) is 0 Å². The van der Waals surface area contributed by atoms with Crippen molar-refractivity contribution in [1.82, 2.24) is 5.32 Å². The summed E-state index contributed by atoms with van der Waals surface area (Å²) >= 11 is 3.19. The minimum atomic E-state index is -0.733. The van der Waals surface area contributed by atoms with Crippen LogP contribution in [-0.4, -0.2) is 47.2 Å². The van der Waals surface area contributed by atoms with Crippen LogP contribution >= 0.6 is 15.9 Å². The fourth-order valence-corrected chi connectivity index (χ4v) is 1.81. The molecule has 0 amide bonds. The van der Waals surface area contributed by atoms with Gasteiger partial charge in [0.25, 0.3) is 0 Å². The van der Waals surface area contributed by atoms with Gasteiger partial charge < -0.3 is 10.1 Å². The van der Waals surface area contributed by atoms with Crippen molar-refractivity contribution < 1.29 is 13.7 Å². The number of carbonyl (C=O) groups is 1. The zero-order chi connectivity index (χ0) is 11.0. The number of esters is 1. The normalized spacial score (nSPS) is 14.8. The van der Waals surface area contributed by atoms with Crippen molar-refractivity contribution in [3.63, 3.8) is 0 Å². The number of nitrogens with one attached hydrogen (secondary N) is 1. The maximum absolute atomic E-state index is 10.9. The molecule has 0 saturated carbocycles. The average molecular weight is 286 g/mol. The van der Waals surface area contributed by atoms with Crippen molar-refractivity contribution in [2.45, 2.75) is 11.2 Å². The van der Waals surface area contributed by atoms with E-state index < -0.39 is 10.8 Å². The molecule has 0 radical (unpaired) electrons. The molecule has 84 valence electrons. The van der Waals surface area contributed by atoms with Gasteiger partial charge in [-0.25, -0.2) is 0 Å². The standard InChI is InChI=1S/C8H16BrNO3S/c1-13-8(11)7(9)6-10-4-3-5-14(2)12/h7,10H,3-6H2,1-2H3. The largest absolute Gasteiger partial charge is 0.468 e. The number of ether oxygens (including phenoxy) is 1. The summed E-state index contributed by atoms with van der Waals surface area (Å²) in [4.78, 5) is 10.6. The Labute approximate surface area is 95.4 Å². The molecule has 0 bridgehead atoms. The molecule has 0 rings (SSSR count). The summed E-state index contributed by atoms with van der Waals surface area (Å²) in [6.45, 7) is 1.29. The van der Waals surface area contributed by atoms with E-state index in [1.54, 1.807) is 6.26 Å². The Balaban J connectivity index is 3.36. The highest BCUT2D eigenvalue weighted by molar-refractivity contribution is 9.10. The number of rotatable bonds is 7. The predicted octanol–water partition coefficient (Wildman–Crippen LogP) is 0.281. The van der Waals surface area contributed by atoms with Crippen LogP contribution in [0.1, 0.15) is 6.42 Å². The van der Waals surface area contributed by atoms with Gasteiger partial charge in [0, 0.05) is 29.4 Å². The van der Waals surface area contributed by atoms with Crippen molar-refractivity contribution in [3.05, 3.63) is 0 Å². The first-order valence-electron chi connectivity index (χ1n) is 4.30. The minimum absolute atomic E-state index is 0.281. The molecule has 14 heavy (non-hydrogen) atoms. The van der Waals surface area contributed by atoms with Crippen LogP contribution in [0.25, 0.3) is 0 Å². The molecule has 4 nitrogen and oxygen atoms in total. The van der Waals surface area contributed by atoms with Gasteiger partial charge in [0.05, 0.1) is 7.11 Å². The second-order valence-electron chi connectivity index (χ2n) is 2.83. The molecular formula is C8H16BrNO3S. The summed E-state index contributed by atoms with van der Waals surface area (Å²) in [6.07, 6.45) is 2.53. The van der Waals surface area contributed by atoms with Crippen molar-refractivity contribution >= 4 is 32.7 Å². The minimum Gasteiger partial charge on any atom is -0.468 e. The van der Waals surface area contributed by atoms with Gasteiger partial charge in [0.1, 0.15) is 4.83 Å². The number of hydrogen-bond acceptors (Lipinski definition) is 4. The highest BCUT2D eigenvalue weighted by atomic mass is 79.9. The number of methoxy groups -OCH3 is 1. The molecule has 1 N–H and O–H groups in total. The van der Waals surface area contributed by atoms with Gasteiger partial charge in [-0.3, -0.25) is 9.00 Å². The Morgan fingerprint density at radius 1 is 1.64 bits per heavy atom. The van der Waals surface area contributed by atoms with Crippen molar-refractivity contribution in [3.8, 4) is 0 Å². The molecule has 0 aromatic carbocycles. The molecular weight excluding hydrogens is 270 g/mol. The number of carbonyl (C=O) groups excluding carboxylic acids is 1. The van der Waals surface area contributed by atoms with Crippen LogP contribution in [0.3, 0.4) is 0 Å². The third kappa shape index (κ3) is 7.46. The van der Waals surface area contributed by atoms with Crippen LogP contribution in [0.2, 0.25) is 0 Å². The zero-order valence-electron chi connectivity index (χ0n) is 8.42. The predicted molar refractivity (Wildman–Crippen MR) is 61.2 cm³/mol. The summed E-state index contributed by atoms with van der Waals surface area (Å²) in [5.74, 6) is 0.412. The van der Waals surface area contributed by atoms with Crippen LogP contribution < -0.4 is 5.32 Å². The molecule has 0 fully saturated rings. The topological polar surface area (TPSA) is 55.4 Å². The van der Waals surface area contributed by atoms with E-state index in [0.29, 0.717) is 12.3 Å². The molecule has 0 aliphatic rings. The molecule has 0 aromatic heterocycles. The monoisotopic (exact) mass is 285 g/mol. The van der Waals surface area contributed by atoms with E-state index in [4.69, 9.17) is 0 Å². The molecule has 2 atom stereocenters. The van der Waals surface area contributed by atoms with E-state index in [2.05, 4.69) is 26.0 Å². The molecule has 0 aromatic rings. The maximum atomic E-state index is 10.9. The second-order valence-corrected chi connectivity index (χ2v) is 5.49. The number of hydrogen-bond donors (Lipinski definition) is 1. The lowest BCUT2D eigenvalue weighted by atomic mass is 10.4. The Morgan fingerprint density at radius 2 is 2.29 bits per heavy atom. The van der Waals surface area contributed by atoms with E-state index in [0.717, 1.165) is 13.0 Å². The van der Waals surface area contributed by atoms with E-state index in [9.17, 15) is 9.00 Å². The summed E-state index contributed by atoms with van der Waals surface area (Å²) in [7, 11) is 0.624. The SMILES string of the molecule is COC(=O)C(Br)CNCCCS(C)=O. The first-order valence-corrected chi connectivity index (χ1v) is 6.95. The number of halogens is 1. The highest BCUT2D eigenvalue weighted by Gasteiger charge is 2.13. The van der Waals surface area contributed by atoms with Gasteiger partial charge in [0.2, 0.25) is 0 Å². The fourth-order valence-electron chi connectivity index (χ4n) is 0.840. The van der Waals surface area contributed by atoms with Crippen LogP contribution in [0, 0.1) is 0 Å². The summed E-state index contributed by atoms with van der Waals surface area (Å²) in [5.41, 5.74) is 0. The first-order chi connectivity index (χ1) is 6.57. The first kappa shape index (κ1) is 14.1. The zero-order valence-corrected chi connectivity index (χ0v) is 10.8. The lowest BCUT2D eigenvalue weighted by Gasteiger charge is -2.08. The molecule has 2 unspecified atom stereocenters. The molecule has 0 aliphatic heterocycles. The maximum Gasteiger partial charge on any atom is 0.320 e. The molecule has 0 heterocycles. The Hall–Kier alpha value is 0.0600. The molecule has 0 spiro atoms. The molecule has 0 saturated heterocycles. The highest BCUT2D eigenvalue weighted by Crippen LogP contribution is 1.99. The molecule has 0 aliphatic carbocycles. The third-order valence-corrected chi connectivity index (χ3v) is 3.13. The van der Waals surface area contributed by atoms with Gasteiger partial charge in [-0.05, 0) is 13.0 Å². The Kier molecular flexibility index (Phi) is 8.41.